The van der Waals surface area contributed by atoms with Gasteiger partial charge in [-0.1, -0.05) is 352 Å². The van der Waals surface area contributed by atoms with E-state index in [1.54, 1.807) is 6.07 Å². The van der Waals surface area contributed by atoms with Gasteiger partial charge >= 0.3 is 0 Å². The average Bonchev–Trinajstić information content (AvgIpc) is 1.06. The molecule has 5 nitrogen and oxygen atoms in total. The number of aromatic nitrogens is 3. The van der Waals surface area contributed by atoms with Gasteiger partial charge in [0.1, 0.15) is 17.0 Å². The molecule has 1 N–H and O–H groups in total. The van der Waals surface area contributed by atoms with Gasteiger partial charge in [0.05, 0.1) is 28.0 Å². The quantitative estimate of drug-likeness (QED) is 0.131. The molecule has 0 amide bonds. The summed E-state index contributed by atoms with van der Waals surface area (Å²) in [6.07, 6.45) is 0. The number of phenols is 1. The third-order valence-electron chi connectivity index (χ3n) is 24.6. The molecule has 0 spiro atoms. The van der Waals surface area contributed by atoms with Crippen LogP contribution in [0.15, 0.2) is 277 Å². The molecule has 6 heteroatoms. The fraction of sp³-hybridized carbons (Fsp3) is 0.222. The Morgan fingerprint density at radius 1 is 0.368 bits per heavy atom. The minimum atomic E-state index is -0.383. The normalized spacial score (nSPS) is 13.5. The Kier molecular flexibility index (Phi) is 19.1. The van der Waals surface area contributed by atoms with Crippen molar-refractivity contribution in [2.75, 3.05) is 0 Å². The Balaban J connectivity index is 0.00000979. The molecule has 0 saturated carbocycles. The van der Waals surface area contributed by atoms with Crippen LogP contribution in [-0.4, -0.2) is 19.6 Å². The topological polar surface area (TPSA) is 64.1 Å². The predicted molar refractivity (Wildman–Crippen MR) is 477 cm³/mol. The summed E-state index contributed by atoms with van der Waals surface area (Å²) in [6.45, 7) is 41.4. The molecule has 0 aliphatic heterocycles. The van der Waals surface area contributed by atoms with Crippen LogP contribution in [-0.2, 0) is 53.6 Å². The number of furan rings is 1. The number of rotatable bonds is 11. The molecule has 16 aromatic rings. The van der Waals surface area contributed by atoms with Crippen molar-refractivity contribution in [1.82, 2.24) is 14.5 Å². The van der Waals surface area contributed by atoms with E-state index < -0.39 is 0 Å². The first-order valence-corrected chi connectivity index (χ1v) is 40.1. The van der Waals surface area contributed by atoms with Gasteiger partial charge in [-0.2, -0.15) is 0 Å². The number of hydrogen-bond acceptors (Lipinski definition) is 4. The first kappa shape index (κ1) is 76.7. The Labute approximate surface area is 688 Å². The van der Waals surface area contributed by atoms with Gasteiger partial charge in [-0.05, 0) is 211 Å². The molecule has 1 aliphatic rings. The van der Waals surface area contributed by atoms with Crippen molar-refractivity contribution in [3.8, 4) is 134 Å². The fourth-order valence-corrected chi connectivity index (χ4v) is 17.5. The number of aryl methyl sites for hydroxylation is 2. The van der Waals surface area contributed by atoms with E-state index in [9.17, 15) is 5.11 Å². The first-order chi connectivity index (χ1) is 53.8. The van der Waals surface area contributed by atoms with Gasteiger partial charge in [0.2, 0.25) is 0 Å². The minimum absolute atomic E-state index is 0. The summed E-state index contributed by atoms with van der Waals surface area (Å²) in [5, 5.41) is 14.2. The maximum atomic E-state index is 12.3. The molecule has 114 heavy (non-hydrogen) atoms. The number of pyridine rings is 1. The number of aromatic hydroxyl groups is 1. The number of imidazole rings is 1. The van der Waals surface area contributed by atoms with Crippen molar-refractivity contribution >= 4 is 33.0 Å². The van der Waals surface area contributed by atoms with E-state index in [-0.39, 0.29) is 59.3 Å². The fourth-order valence-electron chi connectivity index (χ4n) is 17.5. The van der Waals surface area contributed by atoms with Gasteiger partial charge in [-0.3, -0.25) is 4.57 Å². The van der Waals surface area contributed by atoms with Crippen LogP contribution in [0.1, 0.15) is 155 Å². The Hall–Kier alpha value is -11.2. The zero-order valence-electron chi connectivity index (χ0n) is 69.0. The second-order valence-corrected chi connectivity index (χ2v) is 36.8. The Bertz CT molecular complexity index is 6470. The van der Waals surface area contributed by atoms with Gasteiger partial charge in [0.25, 0.3) is 0 Å². The van der Waals surface area contributed by atoms with Gasteiger partial charge in [0, 0.05) is 37.4 Å². The number of phenolic OH excluding ortho intramolecular Hbond substituents is 1. The standard InChI is InChI=1S/C108H100N3O2.Pt/c1-65-33-27-34-66(2)100(65)111-91-54-51-85(95-80(69-39-28-41-76(57-69)103(3,4)5)44-30-46-82(95)73-55-71(67-35-21-19-22-36-67)59-78(61-73)105(9,10)11)94(99(91)110-102(111)90-53-52-89-98(109-90)97-88(48-32-49-92(97)112)107(15,16)108(89,17)18)75-63-86-84-43-25-26-50-93(84)113-101(86)87(64-75)96-81(70-40-29-42-77(58-70)104(6,7)8)45-31-47-83(96)74-56-72(68-37-23-20-24-38-68)60-79(62-74)106(12,13)14;/h19-63,112H,1-18H3;/q-1;. The van der Waals surface area contributed by atoms with Crippen LogP contribution in [0.3, 0.4) is 0 Å². The van der Waals surface area contributed by atoms with Crippen molar-refractivity contribution in [2.45, 2.75) is 157 Å². The van der Waals surface area contributed by atoms with Crippen LogP contribution in [0.25, 0.3) is 162 Å². The van der Waals surface area contributed by atoms with Crippen LogP contribution in [0, 0.1) is 19.9 Å². The van der Waals surface area contributed by atoms with Gasteiger partial charge in [0.15, 0.2) is 5.82 Å². The smallest absolute Gasteiger partial charge is 0.163 e. The van der Waals surface area contributed by atoms with E-state index in [0.29, 0.717) is 11.5 Å². The van der Waals surface area contributed by atoms with Crippen LogP contribution in [0.5, 0.6) is 5.75 Å². The Morgan fingerprint density at radius 2 is 0.833 bits per heavy atom. The number of para-hydroxylation sites is 2. The van der Waals surface area contributed by atoms with E-state index in [0.717, 1.165) is 172 Å². The van der Waals surface area contributed by atoms with E-state index in [2.05, 4.69) is 396 Å². The summed E-state index contributed by atoms with van der Waals surface area (Å²) in [5.74, 6) is 0.877. The summed E-state index contributed by atoms with van der Waals surface area (Å²) in [7, 11) is 0. The maximum absolute atomic E-state index is 12.3. The first-order valence-electron chi connectivity index (χ1n) is 40.1. The maximum Gasteiger partial charge on any atom is 0.163 e. The van der Waals surface area contributed by atoms with Crippen molar-refractivity contribution in [3.63, 3.8) is 0 Å². The zero-order valence-corrected chi connectivity index (χ0v) is 71.3. The predicted octanol–water partition coefficient (Wildman–Crippen LogP) is 29.5. The molecule has 13 aromatic carbocycles. The molecule has 0 atom stereocenters. The number of hydrogen-bond donors (Lipinski definition) is 1. The molecule has 17 rings (SSSR count). The number of nitrogens with zero attached hydrogens (tertiary/aromatic N) is 3. The molecule has 3 heterocycles. The molecule has 0 saturated heterocycles. The molecule has 0 bridgehead atoms. The molecule has 0 radical (unpaired) electrons. The monoisotopic (exact) mass is 1670 g/mol. The Morgan fingerprint density at radius 3 is 1.39 bits per heavy atom. The van der Waals surface area contributed by atoms with Crippen molar-refractivity contribution < 1.29 is 30.6 Å². The van der Waals surface area contributed by atoms with E-state index in [1.807, 2.05) is 6.07 Å². The van der Waals surface area contributed by atoms with Crippen molar-refractivity contribution in [2.24, 2.45) is 0 Å². The molecule has 570 valence electrons. The summed E-state index contributed by atoms with van der Waals surface area (Å²) < 4.78 is 9.91. The van der Waals surface area contributed by atoms with E-state index in [4.69, 9.17) is 14.4 Å². The molecular weight excluding hydrogens is 1570 g/mol. The second kappa shape index (κ2) is 28.4. The third kappa shape index (κ3) is 13.3. The number of benzene rings is 13. The van der Waals surface area contributed by atoms with Crippen molar-refractivity contribution in [1.29, 1.82) is 0 Å². The van der Waals surface area contributed by atoms with Crippen LogP contribution < -0.4 is 0 Å². The summed E-state index contributed by atoms with van der Waals surface area (Å²) in [6, 6.07) is 105. The zero-order chi connectivity index (χ0) is 79.2. The van der Waals surface area contributed by atoms with E-state index in [1.165, 1.54) is 22.3 Å². The van der Waals surface area contributed by atoms with Gasteiger partial charge < -0.3 is 9.52 Å². The van der Waals surface area contributed by atoms with Crippen LogP contribution in [0.2, 0.25) is 0 Å². The molecular formula is C108H100N3O2Pt-. The largest absolute Gasteiger partial charge is 0.507 e. The molecule has 1 aliphatic carbocycles. The molecule has 0 unspecified atom stereocenters. The second-order valence-electron chi connectivity index (χ2n) is 36.8. The average molecular weight is 1670 g/mol. The third-order valence-corrected chi connectivity index (χ3v) is 24.6. The van der Waals surface area contributed by atoms with Gasteiger partial charge in [-0.25, -0.2) is 9.97 Å². The number of fused-ring (bicyclic) bond motifs is 7. The van der Waals surface area contributed by atoms with Crippen LogP contribution in [0.4, 0.5) is 0 Å². The molecule has 0 fully saturated rings. The van der Waals surface area contributed by atoms with Gasteiger partial charge in [-0.15, -0.1) is 17.7 Å². The SMILES string of the molecule is Cc1cccc(C)c1-n1c(-c2ccc3c(n2)-c2c(O)cccc2C(C)(C)C3(C)C)nc2c(-c3[c-]c(-c4c(-c5cccc(C(C)(C)C)c5)cccc4-c4cc(-c5ccccc5)cc(C(C)(C)C)c4)c4oc5ccccc5c4c3)c(-c3c(-c4cccc(C(C)(C)C)c4)cccc3-c3cc(-c4ccccc4)cc(C(C)(C)C)c3)ccc21.[Pt]. The molecule has 3 aromatic heterocycles. The van der Waals surface area contributed by atoms with Crippen molar-refractivity contribution in [3.05, 3.63) is 324 Å². The summed E-state index contributed by atoms with van der Waals surface area (Å²) in [5.41, 5.74) is 33.0. The summed E-state index contributed by atoms with van der Waals surface area (Å²) >= 11 is 0. The minimum Gasteiger partial charge on any atom is -0.507 e. The summed E-state index contributed by atoms with van der Waals surface area (Å²) in [4.78, 5) is 12.2. The van der Waals surface area contributed by atoms with E-state index >= 15 is 0 Å². The van der Waals surface area contributed by atoms with Crippen LogP contribution >= 0.6 is 0 Å².